The summed E-state index contributed by atoms with van der Waals surface area (Å²) in [5.74, 6) is -1.54. The van der Waals surface area contributed by atoms with E-state index < -0.39 is 11.7 Å². The molecule has 0 heterocycles. The van der Waals surface area contributed by atoms with Gasteiger partial charge in [0.1, 0.15) is 11.6 Å². The number of carbonyl (C=O) groups is 1. The smallest absolute Gasteiger partial charge is 0.374 e. The SMILES string of the molecule is CCOC(=O)/C(O)=C(\C#N)c1ccc(C(C)(C)C)cc1. The monoisotopic (exact) mass is 273 g/mol. The molecule has 0 fully saturated rings. The first-order valence-electron chi connectivity index (χ1n) is 6.42. The zero-order chi connectivity index (χ0) is 15.3. The predicted molar refractivity (Wildman–Crippen MR) is 76.9 cm³/mol. The molecule has 1 N–H and O–H groups in total. The van der Waals surface area contributed by atoms with Crippen molar-refractivity contribution >= 4 is 11.5 Å². The minimum absolute atomic E-state index is 0.00175. The summed E-state index contributed by atoms with van der Waals surface area (Å²) < 4.78 is 4.69. The summed E-state index contributed by atoms with van der Waals surface area (Å²) >= 11 is 0. The van der Waals surface area contributed by atoms with Crippen molar-refractivity contribution in [2.45, 2.75) is 33.1 Å². The number of allylic oxidation sites excluding steroid dienone is 1. The molecule has 0 unspecified atom stereocenters. The van der Waals surface area contributed by atoms with Crippen LogP contribution in [0.15, 0.2) is 30.0 Å². The maximum absolute atomic E-state index is 11.5. The van der Waals surface area contributed by atoms with Crippen molar-refractivity contribution in [3.63, 3.8) is 0 Å². The molecule has 0 aliphatic carbocycles. The van der Waals surface area contributed by atoms with Crippen LogP contribution < -0.4 is 0 Å². The number of nitriles is 1. The van der Waals surface area contributed by atoms with Gasteiger partial charge in [0.2, 0.25) is 5.76 Å². The summed E-state index contributed by atoms with van der Waals surface area (Å²) in [4.78, 5) is 11.5. The van der Waals surface area contributed by atoms with E-state index in [4.69, 9.17) is 5.26 Å². The molecule has 106 valence electrons. The van der Waals surface area contributed by atoms with Crippen LogP contribution in [0.3, 0.4) is 0 Å². The zero-order valence-electron chi connectivity index (χ0n) is 12.2. The van der Waals surface area contributed by atoms with Crippen molar-refractivity contribution in [2.75, 3.05) is 6.61 Å². The third-order valence-electron chi connectivity index (χ3n) is 2.86. The largest absolute Gasteiger partial charge is 0.501 e. The second-order valence-corrected chi connectivity index (χ2v) is 5.38. The fraction of sp³-hybridized carbons (Fsp3) is 0.375. The predicted octanol–water partition coefficient (Wildman–Crippen LogP) is 3.34. The number of rotatable bonds is 3. The second-order valence-electron chi connectivity index (χ2n) is 5.38. The molecule has 0 saturated carbocycles. The van der Waals surface area contributed by atoms with Crippen molar-refractivity contribution in [3.05, 3.63) is 41.2 Å². The molecule has 0 atom stereocenters. The van der Waals surface area contributed by atoms with E-state index in [1.165, 1.54) is 0 Å². The van der Waals surface area contributed by atoms with Gasteiger partial charge in [0, 0.05) is 0 Å². The van der Waals surface area contributed by atoms with Gasteiger partial charge in [-0.1, -0.05) is 45.0 Å². The van der Waals surface area contributed by atoms with Crippen molar-refractivity contribution < 1.29 is 14.6 Å². The van der Waals surface area contributed by atoms with Crippen molar-refractivity contribution in [2.24, 2.45) is 0 Å². The maximum Gasteiger partial charge on any atom is 0.374 e. The van der Waals surface area contributed by atoms with Crippen LogP contribution in [0.5, 0.6) is 0 Å². The molecule has 0 bridgehead atoms. The molecule has 0 aliphatic rings. The van der Waals surface area contributed by atoms with Crippen molar-refractivity contribution in [3.8, 4) is 6.07 Å². The number of benzene rings is 1. The van der Waals surface area contributed by atoms with Gasteiger partial charge in [-0.2, -0.15) is 5.26 Å². The van der Waals surface area contributed by atoms with Crippen LogP contribution in [0.2, 0.25) is 0 Å². The van der Waals surface area contributed by atoms with Gasteiger partial charge in [-0.25, -0.2) is 4.79 Å². The fourth-order valence-corrected chi connectivity index (χ4v) is 1.69. The molecule has 1 aromatic rings. The number of aliphatic hydroxyl groups is 1. The lowest BCUT2D eigenvalue weighted by molar-refractivity contribution is -0.141. The first-order chi connectivity index (χ1) is 9.31. The van der Waals surface area contributed by atoms with E-state index in [1.54, 1.807) is 19.1 Å². The summed E-state index contributed by atoms with van der Waals surface area (Å²) in [6, 6.07) is 9.04. The van der Waals surface area contributed by atoms with Crippen LogP contribution in [-0.2, 0) is 14.9 Å². The van der Waals surface area contributed by atoms with E-state index >= 15 is 0 Å². The quantitative estimate of drug-likeness (QED) is 0.397. The number of hydrogen-bond donors (Lipinski definition) is 1. The van der Waals surface area contributed by atoms with E-state index in [0.717, 1.165) is 5.56 Å². The number of ether oxygens (including phenoxy) is 1. The summed E-state index contributed by atoms with van der Waals surface area (Å²) in [6.45, 7) is 8.03. The standard InChI is InChI=1S/C16H19NO3/c1-5-20-15(19)14(18)13(10-17)11-6-8-12(9-7-11)16(2,3)4/h6-9,18H,5H2,1-4H3/b14-13-. The average molecular weight is 273 g/mol. The highest BCUT2D eigenvalue weighted by Crippen LogP contribution is 2.25. The molecule has 0 amide bonds. The molecule has 1 aromatic carbocycles. The summed E-state index contributed by atoms with van der Waals surface area (Å²) in [6.07, 6.45) is 0. The molecule has 0 saturated heterocycles. The minimum Gasteiger partial charge on any atom is -0.501 e. The molecule has 0 aromatic heterocycles. The van der Waals surface area contributed by atoms with Crippen LogP contribution in [0, 0.1) is 11.3 Å². The Morgan fingerprint density at radius 2 is 1.85 bits per heavy atom. The number of hydrogen-bond acceptors (Lipinski definition) is 4. The Morgan fingerprint density at radius 1 is 1.30 bits per heavy atom. The lowest BCUT2D eigenvalue weighted by atomic mass is 9.86. The summed E-state index contributed by atoms with van der Waals surface area (Å²) in [5, 5.41) is 18.9. The number of carbonyl (C=O) groups excluding carboxylic acids is 1. The van der Waals surface area contributed by atoms with E-state index in [-0.39, 0.29) is 17.6 Å². The number of esters is 1. The van der Waals surface area contributed by atoms with Gasteiger partial charge < -0.3 is 9.84 Å². The van der Waals surface area contributed by atoms with Crippen LogP contribution in [-0.4, -0.2) is 17.7 Å². The van der Waals surface area contributed by atoms with E-state index in [2.05, 4.69) is 25.5 Å². The van der Waals surface area contributed by atoms with Gasteiger partial charge in [0.25, 0.3) is 0 Å². The minimum atomic E-state index is -0.885. The number of aliphatic hydroxyl groups excluding tert-OH is 1. The van der Waals surface area contributed by atoms with Gasteiger partial charge in [0.05, 0.1) is 6.61 Å². The van der Waals surface area contributed by atoms with E-state index in [0.29, 0.717) is 5.56 Å². The second kappa shape index (κ2) is 6.25. The number of nitrogens with zero attached hydrogens (tertiary/aromatic N) is 1. The third kappa shape index (κ3) is 3.61. The normalized spacial score (nSPS) is 12.3. The lowest BCUT2D eigenvalue weighted by Gasteiger charge is -2.19. The Bertz CT molecular complexity index is 557. The van der Waals surface area contributed by atoms with Crippen LogP contribution in [0.1, 0.15) is 38.8 Å². The van der Waals surface area contributed by atoms with Gasteiger partial charge >= 0.3 is 5.97 Å². The molecule has 20 heavy (non-hydrogen) atoms. The highest BCUT2D eigenvalue weighted by atomic mass is 16.5. The zero-order valence-corrected chi connectivity index (χ0v) is 12.2. The molecular weight excluding hydrogens is 254 g/mol. The third-order valence-corrected chi connectivity index (χ3v) is 2.86. The average Bonchev–Trinajstić information content (AvgIpc) is 2.39. The van der Waals surface area contributed by atoms with Gasteiger partial charge in [-0.3, -0.25) is 0 Å². The van der Waals surface area contributed by atoms with Gasteiger partial charge in [-0.05, 0) is 23.5 Å². The van der Waals surface area contributed by atoms with Crippen LogP contribution in [0.4, 0.5) is 0 Å². The Morgan fingerprint density at radius 3 is 2.25 bits per heavy atom. The van der Waals surface area contributed by atoms with E-state index in [1.807, 2.05) is 18.2 Å². The first kappa shape index (κ1) is 15.8. The molecule has 0 radical (unpaired) electrons. The Kier molecular flexibility index (Phi) is 4.93. The molecular formula is C16H19NO3. The first-order valence-corrected chi connectivity index (χ1v) is 6.42. The Labute approximate surface area is 119 Å². The molecule has 4 nitrogen and oxygen atoms in total. The van der Waals surface area contributed by atoms with Crippen molar-refractivity contribution in [1.82, 2.24) is 0 Å². The maximum atomic E-state index is 11.5. The molecule has 4 heteroatoms. The topological polar surface area (TPSA) is 70.3 Å². The molecule has 1 rings (SSSR count). The van der Waals surface area contributed by atoms with Gasteiger partial charge in [0.15, 0.2) is 0 Å². The lowest BCUT2D eigenvalue weighted by Crippen LogP contribution is -2.11. The van der Waals surface area contributed by atoms with Crippen LogP contribution >= 0.6 is 0 Å². The van der Waals surface area contributed by atoms with E-state index in [9.17, 15) is 9.90 Å². The highest BCUT2D eigenvalue weighted by Gasteiger charge is 2.18. The van der Waals surface area contributed by atoms with Crippen molar-refractivity contribution in [1.29, 1.82) is 5.26 Å². The highest BCUT2D eigenvalue weighted by molar-refractivity contribution is 5.98. The van der Waals surface area contributed by atoms with Crippen LogP contribution in [0.25, 0.3) is 5.57 Å². The Balaban J connectivity index is 3.18. The van der Waals surface area contributed by atoms with Gasteiger partial charge in [-0.15, -0.1) is 0 Å². The summed E-state index contributed by atoms with van der Waals surface area (Å²) in [7, 11) is 0. The molecule has 0 aliphatic heterocycles. The summed E-state index contributed by atoms with van der Waals surface area (Å²) in [5.41, 5.74) is 1.52. The fourth-order valence-electron chi connectivity index (χ4n) is 1.69. The Hall–Kier alpha value is -2.28. The molecule has 0 spiro atoms.